The van der Waals surface area contributed by atoms with Crippen molar-refractivity contribution in [3.63, 3.8) is 0 Å². The zero-order valence-corrected chi connectivity index (χ0v) is 17.5. The molecule has 1 spiro atoms. The molecule has 0 unspecified atom stereocenters. The van der Waals surface area contributed by atoms with Crippen LogP contribution in [0.15, 0.2) is 24.4 Å². The number of H-pyrrole nitrogens is 1. The van der Waals surface area contributed by atoms with Gasteiger partial charge in [-0.3, -0.25) is 5.10 Å². The molecule has 10 heteroatoms. The fraction of sp³-hybridized carbons (Fsp3) is 0.450. The number of nitrogens with zero attached hydrogens (tertiary/aromatic N) is 4. The lowest BCUT2D eigenvalue weighted by molar-refractivity contribution is -0.0279. The molecule has 2 aromatic heterocycles. The van der Waals surface area contributed by atoms with Crippen molar-refractivity contribution in [3.8, 4) is 11.3 Å². The molecule has 3 N–H and O–H groups in total. The second-order valence-electron chi connectivity index (χ2n) is 8.19. The van der Waals surface area contributed by atoms with Crippen LogP contribution in [0.4, 0.5) is 14.6 Å². The number of anilines is 1. The Balaban J connectivity index is 1.39. The third-order valence-electron chi connectivity index (χ3n) is 6.62. The van der Waals surface area contributed by atoms with E-state index >= 15 is 0 Å². The largest absolute Gasteiger partial charge is 0.355 e. The number of aromatic nitrogens is 4. The number of halogens is 4. The second kappa shape index (κ2) is 7.00. The summed E-state index contributed by atoms with van der Waals surface area (Å²) in [6.45, 7) is 1.23. The molecule has 2 fully saturated rings. The van der Waals surface area contributed by atoms with Gasteiger partial charge in [0.05, 0.1) is 22.3 Å². The van der Waals surface area contributed by atoms with Gasteiger partial charge in [-0.1, -0.05) is 35.3 Å². The predicted octanol–water partition coefficient (Wildman–Crippen LogP) is 4.67. The van der Waals surface area contributed by atoms with Crippen LogP contribution in [0.3, 0.4) is 0 Å². The minimum Gasteiger partial charge on any atom is -0.355 e. The molecule has 1 saturated heterocycles. The third-order valence-corrected chi connectivity index (χ3v) is 7.44. The summed E-state index contributed by atoms with van der Waals surface area (Å²) in [6, 6.07) is 4.26. The van der Waals surface area contributed by atoms with Gasteiger partial charge in [0.2, 0.25) is 0 Å². The summed E-state index contributed by atoms with van der Waals surface area (Å²) in [5.74, 6) is -2.09. The first-order valence-electron chi connectivity index (χ1n) is 9.85. The van der Waals surface area contributed by atoms with E-state index in [0.29, 0.717) is 70.6 Å². The summed E-state index contributed by atoms with van der Waals surface area (Å²) in [6.07, 6.45) is 3.28. The van der Waals surface area contributed by atoms with E-state index in [2.05, 4.69) is 25.1 Å². The van der Waals surface area contributed by atoms with Crippen LogP contribution in [0.25, 0.3) is 22.4 Å². The van der Waals surface area contributed by atoms with Gasteiger partial charge in [-0.2, -0.15) is 5.10 Å². The molecule has 30 heavy (non-hydrogen) atoms. The zero-order valence-electron chi connectivity index (χ0n) is 16.0. The summed E-state index contributed by atoms with van der Waals surface area (Å²) in [7, 11) is 0. The molecule has 6 nitrogen and oxygen atoms in total. The number of hydrogen-bond acceptors (Lipinski definition) is 5. The van der Waals surface area contributed by atoms with Gasteiger partial charge in [0.1, 0.15) is 17.0 Å². The first kappa shape index (κ1) is 19.9. The van der Waals surface area contributed by atoms with Gasteiger partial charge < -0.3 is 10.6 Å². The monoisotopic (exact) mass is 452 g/mol. The topological polar surface area (TPSA) is 83.7 Å². The van der Waals surface area contributed by atoms with Crippen LogP contribution in [0.2, 0.25) is 10.0 Å². The van der Waals surface area contributed by atoms with Crippen molar-refractivity contribution >= 4 is 40.2 Å². The van der Waals surface area contributed by atoms with Crippen molar-refractivity contribution in [3.05, 3.63) is 34.4 Å². The summed E-state index contributed by atoms with van der Waals surface area (Å²) < 4.78 is 27.9. The van der Waals surface area contributed by atoms with Gasteiger partial charge in [0.15, 0.2) is 5.65 Å². The van der Waals surface area contributed by atoms with Crippen molar-refractivity contribution < 1.29 is 8.78 Å². The van der Waals surface area contributed by atoms with Gasteiger partial charge >= 0.3 is 0 Å². The molecule has 1 aromatic carbocycles. The quantitative estimate of drug-likeness (QED) is 0.589. The number of fused-ring (bicyclic) bond motifs is 1. The minimum absolute atomic E-state index is 0.122. The number of alkyl halides is 2. The van der Waals surface area contributed by atoms with E-state index in [0.717, 1.165) is 0 Å². The van der Waals surface area contributed by atoms with Crippen molar-refractivity contribution in [1.29, 1.82) is 0 Å². The molecule has 1 saturated carbocycles. The molecule has 3 aromatic rings. The summed E-state index contributed by atoms with van der Waals surface area (Å²) in [4.78, 5) is 11.3. The van der Waals surface area contributed by atoms with Gasteiger partial charge in [-0.25, -0.2) is 18.7 Å². The van der Waals surface area contributed by atoms with E-state index in [-0.39, 0.29) is 6.42 Å². The first-order chi connectivity index (χ1) is 14.3. The molecule has 0 bridgehead atoms. The van der Waals surface area contributed by atoms with E-state index in [1.54, 1.807) is 18.3 Å². The SMILES string of the molecule is N[C@H]1C(F)(F)CCC12CCN(c1cnc3c(-c4cccc(Cl)c4Cl)n[nH]c3n1)CC2. The van der Waals surface area contributed by atoms with Gasteiger partial charge in [0.25, 0.3) is 5.92 Å². The Labute approximate surface area is 181 Å². The average molecular weight is 453 g/mol. The molecule has 2 aliphatic rings. The summed E-state index contributed by atoms with van der Waals surface area (Å²) in [5.41, 5.74) is 7.82. The highest BCUT2D eigenvalue weighted by molar-refractivity contribution is 6.43. The van der Waals surface area contributed by atoms with Gasteiger partial charge in [-0.05, 0) is 30.7 Å². The lowest BCUT2D eigenvalue weighted by Crippen LogP contribution is -2.52. The van der Waals surface area contributed by atoms with Crippen LogP contribution in [-0.4, -0.2) is 45.2 Å². The fourth-order valence-corrected chi connectivity index (χ4v) is 5.13. The molecule has 0 amide bonds. The van der Waals surface area contributed by atoms with Crippen molar-refractivity contribution in [1.82, 2.24) is 20.2 Å². The van der Waals surface area contributed by atoms with E-state index < -0.39 is 17.4 Å². The minimum atomic E-state index is -2.77. The Hall–Kier alpha value is -2.03. The summed E-state index contributed by atoms with van der Waals surface area (Å²) >= 11 is 12.4. The highest BCUT2D eigenvalue weighted by Crippen LogP contribution is 2.52. The van der Waals surface area contributed by atoms with E-state index in [1.807, 2.05) is 6.07 Å². The van der Waals surface area contributed by atoms with E-state index in [9.17, 15) is 8.78 Å². The normalized spacial score (nSPS) is 22.8. The number of benzene rings is 1. The average Bonchev–Trinajstić information content (AvgIpc) is 3.25. The highest BCUT2D eigenvalue weighted by Gasteiger charge is 2.57. The maximum atomic E-state index is 14.0. The maximum absolute atomic E-state index is 14.0. The highest BCUT2D eigenvalue weighted by atomic mass is 35.5. The Morgan fingerprint density at radius 2 is 1.90 bits per heavy atom. The van der Waals surface area contributed by atoms with Crippen LogP contribution < -0.4 is 10.6 Å². The predicted molar refractivity (Wildman–Crippen MR) is 113 cm³/mol. The molecular weight excluding hydrogens is 433 g/mol. The first-order valence-corrected chi connectivity index (χ1v) is 10.6. The molecular formula is C20H20Cl2F2N6. The Kier molecular flexibility index (Phi) is 4.65. The van der Waals surface area contributed by atoms with Gasteiger partial charge in [-0.15, -0.1) is 0 Å². The molecule has 3 heterocycles. The molecule has 1 atom stereocenters. The lowest BCUT2D eigenvalue weighted by Gasteiger charge is -2.42. The van der Waals surface area contributed by atoms with Crippen LogP contribution in [0.1, 0.15) is 25.7 Å². The number of piperidine rings is 1. The fourth-order valence-electron chi connectivity index (χ4n) is 4.74. The number of aromatic amines is 1. The number of rotatable bonds is 2. The maximum Gasteiger partial charge on any atom is 0.263 e. The molecule has 158 valence electrons. The third kappa shape index (κ3) is 3.04. The Morgan fingerprint density at radius 1 is 1.13 bits per heavy atom. The molecule has 1 aliphatic heterocycles. The zero-order chi connectivity index (χ0) is 21.1. The molecule has 1 aliphatic carbocycles. The van der Waals surface area contributed by atoms with E-state index in [4.69, 9.17) is 28.9 Å². The van der Waals surface area contributed by atoms with Crippen molar-refractivity contribution in [2.24, 2.45) is 11.1 Å². The number of nitrogens with two attached hydrogens (primary N) is 1. The molecule has 0 radical (unpaired) electrons. The van der Waals surface area contributed by atoms with Crippen molar-refractivity contribution in [2.75, 3.05) is 18.0 Å². The standard InChI is InChI=1S/C20H20Cl2F2N6/c21-12-3-1-2-11(14(12)22)15-16-17(29-28-15)27-13(10-26-16)30-8-6-19(7-9-30)4-5-20(23,24)18(19)25/h1-3,10,18H,4-9,25H2,(H,27,28,29)/t18-/m1/s1. The van der Waals surface area contributed by atoms with Crippen LogP contribution in [0.5, 0.6) is 0 Å². The number of hydrogen-bond donors (Lipinski definition) is 2. The van der Waals surface area contributed by atoms with E-state index in [1.165, 1.54) is 0 Å². The van der Waals surface area contributed by atoms with Gasteiger partial charge in [0, 0.05) is 25.1 Å². The molecule has 5 rings (SSSR count). The summed E-state index contributed by atoms with van der Waals surface area (Å²) in [5, 5.41) is 8.08. The smallest absolute Gasteiger partial charge is 0.263 e. The Bertz CT molecular complexity index is 1110. The lowest BCUT2D eigenvalue weighted by atomic mass is 9.74. The number of nitrogens with one attached hydrogen (secondary N) is 1. The second-order valence-corrected chi connectivity index (χ2v) is 8.97. The Morgan fingerprint density at radius 3 is 2.60 bits per heavy atom. The van der Waals surface area contributed by atoms with Crippen LogP contribution in [0, 0.1) is 5.41 Å². The van der Waals surface area contributed by atoms with Crippen LogP contribution >= 0.6 is 23.2 Å². The van der Waals surface area contributed by atoms with Crippen LogP contribution in [-0.2, 0) is 0 Å². The van der Waals surface area contributed by atoms with Crippen molar-refractivity contribution in [2.45, 2.75) is 37.6 Å².